The van der Waals surface area contributed by atoms with Crippen molar-refractivity contribution in [3.8, 4) is 0 Å². The second-order valence-corrected chi connectivity index (χ2v) is 8.22. The Morgan fingerprint density at radius 2 is 1.33 bits per heavy atom. The van der Waals surface area contributed by atoms with E-state index in [4.69, 9.17) is 23.1 Å². The molecule has 0 unspecified atom stereocenters. The number of carbonyl (C=O) groups excluding carboxylic acids is 1. The second-order valence-electron chi connectivity index (χ2n) is 6.60. The van der Waals surface area contributed by atoms with Gasteiger partial charge in [-0.1, -0.05) is 37.5 Å². The third-order valence-corrected chi connectivity index (χ3v) is 5.32. The van der Waals surface area contributed by atoms with Gasteiger partial charge in [-0.3, -0.25) is 8.98 Å². The average molecular weight is 447 g/mol. The maximum absolute atomic E-state index is 12.0. The van der Waals surface area contributed by atoms with Gasteiger partial charge in [-0.05, 0) is 25.5 Å². The van der Waals surface area contributed by atoms with E-state index in [9.17, 15) is 13.2 Å². The number of hydrogen-bond donors (Lipinski definition) is 0. The number of benzene rings is 1. The molecule has 0 aliphatic rings. The van der Waals surface area contributed by atoms with Gasteiger partial charge in [0.2, 0.25) is 0 Å². The Morgan fingerprint density at radius 1 is 0.800 bits per heavy atom. The summed E-state index contributed by atoms with van der Waals surface area (Å²) in [7, 11) is -3.76. The molecule has 0 heterocycles. The maximum atomic E-state index is 12.0. The summed E-state index contributed by atoms with van der Waals surface area (Å²) < 4.78 is 49.9. The van der Waals surface area contributed by atoms with E-state index in [2.05, 4.69) is 6.92 Å². The van der Waals surface area contributed by atoms with Crippen LogP contribution in [0.1, 0.15) is 38.2 Å². The fourth-order valence-corrected chi connectivity index (χ4v) is 3.22. The molecule has 172 valence electrons. The monoisotopic (exact) mass is 446 g/mol. The average Bonchev–Trinajstić information content (AvgIpc) is 2.72. The topological polar surface area (TPSA) is 97.4 Å². The van der Waals surface area contributed by atoms with Crippen LogP contribution in [0.4, 0.5) is 0 Å². The molecule has 30 heavy (non-hydrogen) atoms. The molecule has 0 spiro atoms. The highest BCUT2D eigenvalue weighted by Gasteiger charge is 2.14. The van der Waals surface area contributed by atoms with Crippen LogP contribution < -0.4 is 0 Å². The summed E-state index contributed by atoms with van der Waals surface area (Å²) in [6.07, 6.45) is 3.43. The van der Waals surface area contributed by atoms with Gasteiger partial charge in [0.15, 0.2) is 0 Å². The van der Waals surface area contributed by atoms with Gasteiger partial charge in [0, 0.05) is 6.42 Å². The molecule has 0 saturated carbocycles. The molecular weight excluding hydrogens is 412 g/mol. The van der Waals surface area contributed by atoms with Crippen LogP contribution in [0.25, 0.3) is 0 Å². The van der Waals surface area contributed by atoms with Gasteiger partial charge in [0.1, 0.15) is 6.61 Å². The van der Waals surface area contributed by atoms with Gasteiger partial charge in [-0.25, -0.2) is 0 Å². The van der Waals surface area contributed by atoms with Crippen molar-refractivity contribution in [2.24, 2.45) is 0 Å². The quantitative estimate of drug-likeness (QED) is 0.193. The summed E-state index contributed by atoms with van der Waals surface area (Å²) in [6, 6.07) is 6.46. The number of hydrogen-bond acceptors (Lipinski definition) is 8. The minimum absolute atomic E-state index is 0.0590. The fraction of sp³-hybridized carbons (Fsp3) is 0.667. The van der Waals surface area contributed by atoms with E-state index in [1.807, 2.05) is 6.92 Å². The highest BCUT2D eigenvalue weighted by Crippen LogP contribution is 2.12. The van der Waals surface area contributed by atoms with Crippen molar-refractivity contribution < 1.29 is 36.3 Å². The Morgan fingerprint density at radius 3 is 1.90 bits per heavy atom. The van der Waals surface area contributed by atoms with Crippen LogP contribution in [0.5, 0.6) is 0 Å². The van der Waals surface area contributed by atoms with Crippen molar-refractivity contribution in [1.29, 1.82) is 0 Å². The van der Waals surface area contributed by atoms with Crippen molar-refractivity contribution in [3.63, 3.8) is 0 Å². The molecule has 0 aliphatic heterocycles. The summed E-state index contributed by atoms with van der Waals surface area (Å²) >= 11 is 0. The number of unbranched alkanes of at least 4 members (excludes halogenated alkanes) is 2. The highest BCUT2D eigenvalue weighted by atomic mass is 32.2. The molecule has 1 aromatic carbocycles. The largest absolute Gasteiger partial charge is 0.463 e. The lowest BCUT2D eigenvalue weighted by atomic mass is 10.2. The zero-order chi connectivity index (χ0) is 22.1. The maximum Gasteiger partial charge on any atom is 0.305 e. The Hall–Kier alpha value is -1.52. The molecule has 0 amide bonds. The normalized spacial score (nSPS) is 11.5. The summed E-state index contributed by atoms with van der Waals surface area (Å²) in [5.41, 5.74) is 0.976. The van der Waals surface area contributed by atoms with Crippen LogP contribution in [0.3, 0.4) is 0 Å². The lowest BCUT2D eigenvalue weighted by molar-refractivity contribution is -0.145. The van der Waals surface area contributed by atoms with Gasteiger partial charge in [0.25, 0.3) is 10.1 Å². The Bertz CT molecular complexity index is 673. The molecule has 0 aromatic heterocycles. The highest BCUT2D eigenvalue weighted by molar-refractivity contribution is 7.86. The molecule has 0 fully saturated rings. The predicted molar refractivity (Wildman–Crippen MR) is 112 cm³/mol. The lowest BCUT2D eigenvalue weighted by Crippen LogP contribution is -2.15. The molecule has 0 saturated heterocycles. The third-order valence-electron chi connectivity index (χ3n) is 4.00. The van der Waals surface area contributed by atoms with Gasteiger partial charge in [-0.2, -0.15) is 8.42 Å². The van der Waals surface area contributed by atoms with Crippen LogP contribution in [0, 0.1) is 6.92 Å². The van der Waals surface area contributed by atoms with Gasteiger partial charge in [0.05, 0.1) is 51.1 Å². The Balaban J connectivity index is 1.90. The first-order chi connectivity index (χ1) is 14.5. The molecule has 0 N–H and O–H groups in total. The van der Waals surface area contributed by atoms with Crippen molar-refractivity contribution in [1.82, 2.24) is 0 Å². The van der Waals surface area contributed by atoms with Crippen molar-refractivity contribution in [2.45, 2.75) is 44.4 Å². The van der Waals surface area contributed by atoms with E-state index >= 15 is 0 Å². The SMILES string of the molecule is CCCCCC(=O)OCCOCCOCCOCCOS(=O)(=O)c1ccc(C)cc1. The minimum atomic E-state index is -3.76. The van der Waals surface area contributed by atoms with Crippen LogP contribution >= 0.6 is 0 Å². The fourth-order valence-electron chi connectivity index (χ4n) is 2.32. The summed E-state index contributed by atoms with van der Waals surface area (Å²) in [6.45, 7) is 6.12. The van der Waals surface area contributed by atoms with E-state index in [0.717, 1.165) is 24.8 Å². The first-order valence-corrected chi connectivity index (χ1v) is 11.7. The van der Waals surface area contributed by atoms with Crippen LogP contribution in [0.15, 0.2) is 29.2 Å². The third kappa shape index (κ3) is 12.9. The van der Waals surface area contributed by atoms with E-state index < -0.39 is 10.1 Å². The van der Waals surface area contributed by atoms with Crippen LogP contribution in [-0.2, 0) is 38.0 Å². The van der Waals surface area contributed by atoms with Gasteiger partial charge >= 0.3 is 5.97 Å². The molecule has 1 aromatic rings. The predicted octanol–water partition coefficient (Wildman–Crippen LogP) is 2.87. The lowest BCUT2D eigenvalue weighted by Gasteiger charge is -2.08. The number of ether oxygens (including phenoxy) is 4. The van der Waals surface area contributed by atoms with Crippen molar-refractivity contribution in [3.05, 3.63) is 29.8 Å². The molecule has 9 heteroatoms. The Kier molecular flexibility index (Phi) is 14.3. The molecule has 0 bridgehead atoms. The first kappa shape index (κ1) is 26.5. The molecule has 0 aliphatic carbocycles. The number of esters is 1. The molecule has 0 atom stereocenters. The summed E-state index contributed by atoms with van der Waals surface area (Å²) in [5.74, 6) is -0.184. The number of carbonyl (C=O) groups is 1. The smallest absolute Gasteiger partial charge is 0.305 e. The van der Waals surface area contributed by atoms with E-state index in [-0.39, 0.29) is 30.7 Å². The van der Waals surface area contributed by atoms with Crippen molar-refractivity contribution >= 4 is 16.1 Å². The molecule has 8 nitrogen and oxygen atoms in total. The standard InChI is InChI=1S/C21H34O8S/c1-3-4-5-6-21(22)28-17-15-26-13-11-25-12-14-27-16-18-29-30(23,24)20-9-7-19(2)8-10-20/h7-10H,3-6,11-18H2,1-2H3. The van der Waals surface area contributed by atoms with Crippen molar-refractivity contribution in [2.75, 3.05) is 52.9 Å². The zero-order valence-electron chi connectivity index (χ0n) is 18.0. The molecular formula is C21H34O8S. The number of aryl methyl sites for hydroxylation is 1. The first-order valence-electron chi connectivity index (χ1n) is 10.3. The Labute approximate surface area is 179 Å². The second kappa shape index (κ2) is 16.2. The minimum Gasteiger partial charge on any atom is -0.463 e. The molecule has 0 radical (unpaired) electrons. The van der Waals surface area contributed by atoms with E-state index in [1.165, 1.54) is 12.1 Å². The van der Waals surface area contributed by atoms with Gasteiger partial charge in [-0.15, -0.1) is 0 Å². The van der Waals surface area contributed by atoms with Gasteiger partial charge < -0.3 is 18.9 Å². The van der Waals surface area contributed by atoms with Crippen LogP contribution in [-0.4, -0.2) is 67.2 Å². The van der Waals surface area contributed by atoms with Crippen LogP contribution in [0.2, 0.25) is 0 Å². The number of rotatable bonds is 18. The summed E-state index contributed by atoms with van der Waals surface area (Å²) in [5, 5.41) is 0. The molecule has 1 rings (SSSR count). The zero-order valence-corrected chi connectivity index (χ0v) is 18.8. The van der Waals surface area contributed by atoms with E-state index in [0.29, 0.717) is 39.5 Å². The summed E-state index contributed by atoms with van der Waals surface area (Å²) in [4.78, 5) is 11.5. The van der Waals surface area contributed by atoms with E-state index in [1.54, 1.807) is 12.1 Å².